The molecule has 1 saturated carbocycles. The average molecular weight is 247 g/mol. The van der Waals surface area contributed by atoms with Crippen LogP contribution in [0.25, 0.3) is 0 Å². The van der Waals surface area contributed by atoms with Crippen molar-refractivity contribution in [2.75, 3.05) is 31.2 Å². The lowest BCUT2D eigenvalue weighted by Crippen LogP contribution is -2.33. The van der Waals surface area contributed by atoms with Gasteiger partial charge in [-0.2, -0.15) is 0 Å². The Morgan fingerprint density at radius 3 is 2.72 bits per heavy atom. The number of nitrogens with one attached hydrogen (secondary N) is 1. The molecule has 3 heteroatoms. The minimum absolute atomic E-state index is 0.805. The first kappa shape index (κ1) is 13.2. The fourth-order valence-electron chi connectivity index (χ4n) is 2.78. The first-order valence-corrected chi connectivity index (χ1v) is 6.97. The molecule has 1 aliphatic rings. The average Bonchev–Trinajstić information content (AvgIpc) is 2.85. The second-order valence-corrected chi connectivity index (χ2v) is 5.42. The van der Waals surface area contributed by atoms with Crippen molar-refractivity contribution in [3.8, 4) is 0 Å². The summed E-state index contributed by atoms with van der Waals surface area (Å²) in [6, 6.07) is 6.85. The standard InChI is InChI=1S/C15H25N3/c1-12-11-13(16)7-8-15(12)17-9-10-18(2)14-5-3-4-6-14/h7-8,11,14,17H,3-6,9-10,16H2,1-2H3. The Bertz CT molecular complexity index is 383. The van der Waals surface area contributed by atoms with Gasteiger partial charge in [0.15, 0.2) is 0 Å². The Labute approximate surface area is 110 Å². The van der Waals surface area contributed by atoms with Crippen LogP contribution in [0.5, 0.6) is 0 Å². The van der Waals surface area contributed by atoms with Crippen molar-refractivity contribution >= 4 is 11.4 Å². The van der Waals surface area contributed by atoms with Gasteiger partial charge in [0.1, 0.15) is 0 Å². The molecule has 0 aromatic heterocycles. The van der Waals surface area contributed by atoms with E-state index in [1.165, 1.54) is 36.9 Å². The van der Waals surface area contributed by atoms with Gasteiger partial charge in [-0.1, -0.05) is 12.8 Å². The van der Waals surface area contributed by atoms with Gasteiger partial charge >= 0.3 is 0 Å². The molecule has 0 amide bonds. The van der Waals surface area contributed by atoms with Crippen molar-refractivity contribution in [1.82, 2.24) is 4.90 Å². The van der Waals surface area contributed by atoms with Crippen molar-refractivity contribution in [3.63, 3.8) is 0 Å². The Hall–Kier alpha value is -1.22. The maximum Gasteiger partial charge on any atom is 0.0371 e. The van der Waals surface area contributed by atoms with Crippen LogP contribution in [0.4, 0.5) is 11.4 Å². The first-order valence-electron chi connectivity index (χ1n) is 6.97. The first-order chi connectivity index (χ1) is 8.66. The van der Waals surface area contributed by atoms with E-state index in [-0.39, 0.29) is 0 Å². The molecule has 18 heavy (non-hydrogen) atoms. The molecule has 0 aliphatic heterocycles. The Morgan fingerprint density at radius 2 is 2.06 bits per heavy atom. The van der Waals surface area contributed by atoms with Crippen LogP contribution >= 0.6 is 0 Å². The predicted molar refractivity (Wildman–Crippen MR) is 79.0 cm³/mol. The molecule has 2 rings (SSSR count). The minimum atomic E-state index is 0.805. The van der Waals surface area contributed by atoms with Crippen LogP contribution in [0.2, 0.25) is 0 Å². The van der Waals surface area contributed by atoms with Gasteiger partial charge < -0.3 is 16.0 Å². The highest BCUT2D eigenvalue weighted by molar-refractivity contribution is 5.57. The Morgan fingerprint density at radius 1 is 1.33 bits per heavy atom. The highest BCUT2D eigenvalue weighted by Crippen LogP contribution is 2.22. The zero-order valence-corrected chi connectivity index (χ0v) is 11.6. The van der Waals surface area contributed by atoms with Gasteiger partial charge in [0.2, 0.25) is 0 Å². The van der Waals surface area contributed by atoms with Crippen LogP contribution < -0.4 is 11.1 Å². The Balaban J connectivity index is 1.77. The van der Waals surface area contributed by atoms with Crippen molar-refractivity contribution in [1.29, 1.82) is 0 Å². The summed E-state index contributed by atoms with van der Waals surface area (Å²) in [6.07, 6.45) is 5.55. The third-order valence-corrected chi connectivity index (χ3v) is 3.98. The van der Waals surface area contributed by atoms with Crippen LogP contribution in [0.15, 0.2) is 18.2 Å². The number of rotatable bonds is 5. The smallest absolute Gasteiger partial charge is 0.0371 e. The quantitative estimate of drug-likeness (QED) is 0.786. The van der Waals surface area contributed by atoms with E-state index in [4.69, 9.17) is 5.73 Å². The van der Waals surface area contributed by atoms with E-state index in [9.17, 15) is 0 Å². The number of hydrogen-bond acceptors (Lipinski definition) is 3. The van der Waals surface area contributed by atoms with Crippen LogP contribution in [-0.2, 0) is 0 Å². The molecule has 0 unspecified atom stereocenters. The summed E-state index contributed by atoms with van der Waals surface area (Å²) in [5.74, 6) is 0. The molecule has 0 saturated heterocycles. The van der Waals surface area contributed by atoms with Crippen molar-refractivity contribution in [2.24, 2.45) is 0 Å². The SMILES string of the molecule is Cc1cc(N)ccc1NCCN(C)C1CCCC1. The molecule has 0 atom stereocenters. The predicted octanol–water partition coefficient (Wildman–Crippen LogP) is 2.86. The van der Waals surface area contributed by atoms with E-state index in [1.807, 2.05) is 12.1 Å². The van der Waals surface area contributed by atoms with E-state index in [0.717, 1.165) is 24.8 Å². The highest BCUT2D eigenvalue weighted by atomic mass is 15.1. The zero-order valence-electron chi connectivity index (χ0n) is 11.6. The summed E-state index contributed by atoms with van der Waals surface area (Å²) in [4.78, 5) is 2.49. The minimum Gasteiger partial charge on any atom is -0.399 e. The number of anilines is 2. The molecule has 3 nitrogen and oxygen atoms in total. The number of hydrogen-bond donors (Lipinski definition) is 2. The van der Waals surface area contributed by atoms with Gasteiger partial charge in [-0.25, -0.2) is 0 Å². The topological polar surface area (TPSA) is 41.3 Å². The summed E-state index contributed by atoms with van der Waals surface area (Å²) in [5.41, 5.74) is 9.00. The lowest BCUT2D eigenvalue weighted by atomic mass is 10.2. The molecule has 0 heterocycles. The second-order valence-electron chi connectivity index (χ2n) is 5.42. The third-order valence-electron chi connectivity index (χ3n) is 3.98. The lowest BCUT2D eigenvalue weighted by molar-refractivity contribution is 0.254. The van der Waals surface area contributed by atoms with Gasteiger partial charge in [-0.3, -0.25) is 0 Å². The molecule has 100 valence electrons. The van der Waals surface area contributed by atoms with Crippen LogP contribution in [0, 0.1) is 6.92 Å². The summed E-state index contributed by atoms with van der Waals surface area (Å²) in [7, 11) is 2.24. The van der Waals surface area contributed by atoms with Crippen molar-refractivity contribution in [2.45, 2.75) is 38.6 Å². The van der Waals surface area contributed by atoms with Gasteiger partial charge in [0, 0.05) is 30.5 Å². The number of nitrogen functional groups attached to an aromatic ring is 1. The van der Waals surface area contributed by atoms with E-state index in [0.29, 0.717) is 0 Å². The van der Waals surface area contributed by atoms with E-state index in [1.54, 1.807) is 0 Å². The van der Waals surface area contributed by atoms with Gasteiger partial charge in [0.25, 0.3) is 0 Å². The third kappa shape index (κ3) is 3.39. The molecule has 1 aromatic rings. The van der Waals surface area contributed by atoms with E-state index < -0.39 is 0 Å². The normalized spacial score (nSPS) is 16.4. The zero-order chi connectivity index (χ0) is 13.0. The number of benzene rings is 1. The van der Waals surface area contributed by atoms with Gasteiger partial charge in [-0.05, 0) is 50.6 Å². The summed E-state index contributed by atoms with van der Waals surface area (Å²) >= 11 is 0. The molecule has 1 fully saturated rings. The number of nitrogens with two attached hydrogens (primary N) is 1. The van der Waals surface area contributed by atoms with Crippen LogP contribution in [0.1, 0.15) is 31.2 Å². The monoisotopic (exact) mass is 247 g/mol. The van der Waals surface area contributed by atoms with Gasteiger partial charge in [-0.15, -0.1) is 0 Å². The molecule has 0 bridgehead atoms. The summed E-state index contributed by atoms with van der Waals surface area (Å²) in [5, 5.41) is 3.50. The molecule has 0 spiro atoms. The van der Waals surface area contributed by atoms with Crippen LogP contribution in [0.3, 0.4) is 0 Å². The van der Waals surface area contributed by atoms with E-state index >= 15 is 0 Å². The largest absolute Gasteiger partial charge is 0.399 e. The highest BCUT2D eigenvalue weighted by Gasteiger charge is 2.18. The number of likely N-dealkylation sites (N-methyl/N-ethyl adjacent to an activating group) is 1. The Kier molecular flexibility index (Phi) is 4.48. The molecule has 1 aliphatic carbocycles. The summed E-state index contributed by atoms with van der Waals surface area (Å²) in [6.45, 7) is 4.20. The number of nitrogens with zero attached hydrogens (tertiary/aromatic N) is 1. The van der Waals surface area contributed by atoms with Crippen molar-refractivity contribution in [3.05, 3.63) is 23.8 Å². The fraction of sp³-hybridized carbons (Fsp3) is 0.600. The van der Waals surface area contributed by atoms with Crippen LogP contribution in [-0.4, -0.2) is 31.1 Å². The molecular weight excluding hydrogens is 222 g/mol. The fourth-order valence-corrected chi connectivity index (χ4v) is 2.78. The lowest BCUT2D eigenvalue weighted by Gasteiger charge is -2.24. The molecule has 0 radical (unpaired) electrons. The maximum atomic E-state index is 5.75. The summed E-state index contributed by atoms with van der Waals surface area (Å²) < 4.78 is 0. The number of aryl methyl sites for hydroxylation is 1. The second kappa shape index (κ2) is 6.10. The van der Waals surface area contributed by atoms with Gasteiger partial charge in [0.05, 0.1) is 0 Å². The molecule has 1 aromatic carbocycles. The van der Waals surface area contributed by atoms with Crippen molar-refractivity contribution < 1.29 is 0 Å². The van der Waals surface area contributed by atoms with E-state index in [2.05, 4.69) is 30.3 Å². The molecule has 3 N–H and O–H groups in total. The maximum absolute atomic E-state index is 5.75. The molecular formula is C15H25N3.